The van der Waals surface area contributed by atoms with E-state index in [9.17, 15) is 9.59 Å². The highest BCUT2D eigenvalue weighted by Crippen LogP contribution is 2.29. The molecule has 0 spiro atoms. The lowest BCUT2D eigenvalue weighted by atomic mass is 10.1. The van der Waals surface area contributed by atoms with Crippen molar-refractivity contribution in [3.05, 3.63) is 71.7 Å². The first-order chi connectivity index (χ1) is 13.0. The molecule has 10 heteroatoms. The minimum absolute atomic E-state index is 0. The van der Waals surface area contributed by atoms with Crippen molar-refractivity contribution in [1.82, 2.24) is 10.3 Å². The molecule has 1 amide bonds. The molecule has 6 N–H and O–H groups in total. The third-order valence-electron chi connectivity index (χ3n) is 4.02. The normalized spacial score (nSPS) is 10.9. The fourth-order valence-corrected chi connectivity index (χ4v) is 2.55. The Balaban J connectivity index is 0.00000210. The molecule has 0 aliphatic heterocycles. The number of benzene rings is 1. The van der Waals surface area contributed by atoms with Crippen LogP contribution >= 0.6 is 24.8 Å². The predicted octanol–water partition coefficient (Wildman–Crippen LogP) is 2.78. The lowest BCUT2D eigenvalue weighted by Gasteiger charge is -2.11. The second-order valence-electron chi connectivity index (χ2n) is 5.83. The number of nitrogens with one attached hydrogen (secondary N) is 1. The van der Waals surface area contributed by atoms with Gasteiger partial charge in [0.15, 0.2) is 0 Å². The molecule has 0 bridgehead atoms. The van der Waals surface area contributed by atoms with Crippen LogP contribution in [0, 0.1) is 0 Å². The molecule has 2 heterocycles. The van der Waals surface area contributed by atoms with Gasteiger partial charge in [-0.3, -0.25) is 9.78 Å². The summed E-state index contributed by atoms with van der Waals surface area (Å²) in [5.74, 6) is -0.678. The number of furan rings is 1. The number of hydrogen-bond acceptors (Lipinski definition) is 6. The van der Waals surface area contributed by atoms with Crippen molar-refractivity contribution in [2.45, 2.75) is 12.6 Å². The molecule has 29 heavy (non-hydrogen) atoms. The van der Waals surface area contributed by atoms with E-state index in [1.165, 1.54) is 12.4 Å². The maximum absolute atomic E-state index is 12.2. The largest absolute Gasteiger partial charge is 0.478 e. The predicted molar refractivity (Wildman–Crippen MR) is 113 cm³/mol. The number of nitrogen functional groups attached to an aromatic ring is 1. The zero-order valence-electron chi connectivity index (χ0n) is 15.1. The van der Waals surface area contributed by atoms with Crippen molar-refractivity contribution in [1.29, 1.82) is 0 Å². The van der Waals surface area contributed by atoms with Crippen LogP contribution in [0.25, 0.3) is 11.3 Å². The Hall–Kier alpha value is -3.07. The van der Waals surface area contributed by atoms with Gasteiger partial charge in [0.25, 0.3) is 0 Å². The van der Waals surface area contributed by atoms with Crippen molar-refractivity contribution in [2.75, 3.05) is 5.73 Å². The SMILES string of the molecule is Cl.Cl.Nc1c(C(=O)O)cncc1-c1ccc(CNC(=O)[C@@H](N)c2ccccc2)o1. The molecule has 0 unspecified atom stereocenters. The topological polar surface area (TPSA) is 144 Å². The van der Waals surface area contributed by atoms with E-state index in [0.717, 1.165) is 0 Å². The summed E-state index contributed by atoms with van der Waals surface area (Å²) in [6, 6.07) is 11.5. The monoisotopic (exact) mass is 438 g/mol. The van der Waals surface area contributed by atoms with Crippen LogP contribution in [0.1, 0.15) is 27.7 Å². The molecule has 2 aromatic heterocycles. The number of amides is 1. The molecule has 154 valence electrons. The van der Waals surface area contributed by atoms with Gasteiger partial charge in [-0.2, -0.15) is 0 Å². The maximum Gasteiger partial charge on any atom is 0.339 e. The number of anilines is 1. The van der Waals surface area contributed by atoms with Crippen LogP contribution in [-0.2, 0) is 11.3 Å². The number of carboxylic acids is 1. The van der Waals surface area contributed by atoms with Crippen LogP contribution in [0.3, 0.4) is 0 Å². The van der Waals surface area contributed by atoms with Gasteiger partial charge in [0.05, 0.1) is 17.8 Å². The number of halogens is 2. The zero-order valence-corrected chi connectivity index (χ0v) is 16.7. The van der Waals surface area contributed by atoms with Gasteiger partial charge >= 0.3 is 5.97 Å². The standard InChI is InChI=1S/C19H18N4O4.2ClH/c20-16(11-4-2-1-3-5-11)18(24)23-8-12-6-7-15(27-12)13-9-22-10-14(17(13)21)19(25)26;;/h1-7,9-10,16H,8,20H2,(H2,21,22)(H,23,24)(H,25,26);2*1H/t16-;;/m0../s1. The molecule has 3 aromatic rings. The van der Waals surface area contributed by atoms with E-state index in [1.54, 1.807) is 24.3 Å². The van der Waals surface area contributed by atoms with Gasteiger partial charge in [-0.15, -0.1) is 24.8 Å². The van der Waals surface area contributed by atoms with E-state index in [2.05, 4.69) is 10.3 Å². The van der Waals surface area contributed by atoms with Gasteiger partial charge in [-0.1, -0.05) is 30.3 Å². The van der Waals surface area contributed by atoms with Crippen LogP contribution in [0.5, 0.6) is 0 Å². The van der Waals surface area contributed by atoms with E-state index < -0.39 is 12.0 Å². The van der Waals surface area contributed by atoms with Crippen LogP contribution < -0.4 is 16.8 Å². The van der Waals surface area contributed by atoms with Gasteiger partial charge < -0.3 is 26.3 Å². The van der Waals surface area contributed by atoms with E-state index in [0.29, 0.717) is 22.6 Å². The average molecular weight is 439 g/mol. The molecule has 0 aliphatic carbocycles. The van der Waals surface area contributed by atoms with Crippen molar-refractivity contribution in [2.24, 2.45) is 5.73 Å². The highest BCUT2D eigenvalue weighted by atomic mass is 35.5. The first-order valence-electron chi connectivity index (χ1n) is 8.11. The zero-order chi connectivity index (χ0) is 19.4. The molecular weight excluding hydrogens is 419 g/mol. The van der Waals surface area contributed by atoms with Gasteiger partial charge in [-0.25, -0.2) is 4.79 Å². The molecule has 1 aromatic carbocycles. The Labute approximate surface area is 179 Å². The first kappa shape index (κ1) is 24.0. The molecule has 0 saturated heterocycles. The summed E-state index contributed by atoms with van der Waals surface area (Å²) in [4.78, 5) is 27.2. The summed E-state index contributed by atoms with van der Waals surface area (Å²) in [6.07, 6.45) is 2.60. The molecule has 0 radical (unpaired) electrons. The Bertz CT molecular complexity index is 979. The molecule has 8 nitrogen and oxygen atoms in total. The first-order valence-corrected chi connectivity index (χ1v) is 8.11. The van der Waals surface area contributed by atoms with E-state index in [-0.39, 0.29) is 48.5 Å². The molecule has 0 fully saturated rings. The van der Waals surface area contributed by atoms with E-state index in [1.807, 2.05) is 18.2 Å². The molecule has 0 aliphatic rings. The number of rotatable bonds is 6. The summed E-state index contributed by atoms with van der Waals surface area (Å²) in [6.45, 7) is 0.130. The molecular formula is C19H20Cl2N4O4. The van der Waals surface area contributed by atoms with E-state index >= 15 is 0 Å². The lowest BCUT2D eigenvalue weighted by molar-refractivity contribution is -0.122. The fourth-order valence-electron chi connectivity index (χ4n) is 2.55. The highest BCUT2D eigenvalue weighted by molar-refractivity contribution is 5.97. The summed E-state index contributed by atoms with van der Waals surface area (Å²) in [7, 11) is 0. The minimum atomic E-state index is -1.17. The number of hydrogen-bond donors (Lipinski definition) is 4. The van der Waals surface area contributed by atoms with Crippen molar-refractivity contribution in [3.8, 4) is 11.3 Å². The number of nitrogens with zero attached hydrogens (tertiary/aromatic N) is 1. The highest BCUT2D eigenvalue weighted by Gasteiger charge is 2.17. The van der Waals surface area contributed by atoms with Crippen molar-refractivity contribution in [3.63, 3.8) is 0 Å². The summed E-state index contributed by atoms with van der Waals surface area (Å²) in [5.41, 5.74) is 12.9. The van der Waals surface area contributed by atoms with Crippen LogP contribution in [0.2, 0.25) is 0 Å². The number of aromatic carboxylic acids is 1. The average Bonchev–Trinajstić information content (AvgIpc) is 3.15. The third-order valence-corrected chi connectivity index (χ3v) is 4.02. The van der Waals surface area contributed by atoms with Crippen molar-refractivity contribution >= 4 is 42.4 Å². The van der Waals surface area contributed by atoms with Gasteiger partial charge in [0, 0.05) is 12.4 Å². The maximum atomic E-state index is 12.2. The van der Waals surface area contributed by atoms with E-state index in [4.69, 9.17) is 21.0 Å². The second-order valence-corrected chi connectivity index (χ2v) is 5.83. The second kappa shape index (κ2) is 10.5. The van der Waals surface area contributed by atoms with Crippen molar-refractivity contribution < 1.29 is 19.1 Å². The van der Waals surface area contributed by atoms with Crippen LogP contribution in [0.15, 0.2) is 59.3 Å². The number of carbonyl (C=O) groups excluding carboxylic acids is 1. The van der Waals surface area contributed by atoms with Crippen LogP contribution in [0.4, 0.5) is 5.69 Å². The van der Waals surface area contributed by atoms with Gasteiger partial charge in [0.1, 0.15) is 23.1 Å². The third kappa shape index (κ3) is 5.47. The molecule has 0 saturated carbocycles. The fraction of sp³-hybridized carbons (Fsp3) is 0.105. The number of carbonyl (C=O) groups is 2. The molecule has 3 rings (SSSR count). The number of carboxylic acid groups (broad SMARTS) is 1. The summed E-state index contributed by atoms with van der Waals surface area (Å²) in [5, 5.41) is 11.8. The lowest BCUT2D eigenvalue weighted by Crippen LogP contribution is -2.33. The Morgan fingerprint density at radius 1 is 1.10 bits per heavy atom. The quantitative estimate of drug-likeness (QED) is 0.462. The Kier molecular flexibility index (Phi) is 8.65. The Morgan fingerprint density at radius 3 is 2.45 bits per heavy atom. The summed E-state index contributed by atoms with van der Waals surface area (Å²) >= 11 is 0. The number of nitrogens with two attached hydrogens (primary N) is 2. The van der Waals surface area contributed by atoms with Gasteiger partial charge in [-0.05, 0) is 17.7 Å². The summed E-state index contributed by atoms with van der Waals surface area (Å²) < 4.78 is 5.65. The van der Waals surface area contributed by atoms with Gasteiger partial charge in [0.2, 0.25) is 5.91 Å². The van der Waals surface area contributed by atoms with Crippen LogP contribution in [-0.4, -0.2) is 22.0 Å². The minimum Gasteiger partial charge on any atom is -0.478 e. The smallest absolute Gasteiger partial charge is 0.339 e. The molecule has 1 atom stereocenters. The number of pyridine rings is 1. The number of aromatic nitrogens is 1. The Morgan fingerprint density at radius 2 is 1.79 bits per heavy atom.